The number of hydrogen-bond donors (Lipinski definition) is 1. The maximum atomic E-state index is 12.8. The van der Waals surface area contributed by atoms with Crippen molar-refractivity contribution >= 4 is 5.91 Å². The number of aromatic nitrogens is 2. The molecule has 6 nitrogen and oxygen atoms in total. The lowest BCUT2D eigenvalue weighted by molar-refractivity contribution is 0.0615. The molecule has 22 heavy (non-hydrogen) atoms. The molecule has 1 atom stereocenters. The zero-order valence-corrected chi connectivity index (χ0v) is 12.8. The van der Waals surface area contributed by atoms with Gasteiger partial charge in [-0.05, 0) is 6.07 Å². The fraction of sp³-hybridized carbons (Fsp3) is 0.375. The molecule has 0 unspecified atom stereocenters. The summed E-state index contributed by atoms with van der Waals surface area (Å²) in [6.07, 6.45) is 3.43. The topological polar surface area (TPSA) is 59.4 Å². The van der Waals surface area contributed by atoms with Gasteiger partial charge in [-0.25, -0.2) is 4.98 Å². The number of imidazole rings is 1. The van der Waals surface area contributed by atoms with Gasteiger partial charge >= 0.3 is 0 Å². The van der Waals surface area contributed by atoms with E-state index in [0.717, 1.165) is 17.9 Å². The number of piperazine rings is 1. The summed E-state index contributed by atoms with van der Waals surface area (Å²) in [4.78, 5) is 18.9. The second-order valence-electron chi connectivity index (χ2n) is 5.32. The lowest BCUT2D eigenvalue weighted by Gasteiger charge is -2.36. The highest BCUT2D eigenvalue weighted by Crippen LogP contribution is 2.30. The molecule has 1 amide bonds. The molecule has 6 heteroatoms. The molecule has 1 aromatic carbocycles. The van der Waals surface area contributed by atoms with E-state index in [1.165, 1.54) is 0 Å². The summed E-state index contributed by atoms with van der Waals surface area (Å²) in [5, 5.41) is 3.35. The van der Waals surface area contributed by atoms with Crippen molar-refractivity contribution in [1.29, 1.82) is 0 Å². The predicted molar refractivity (Wildman–Crippen MR) is 82.8 cm³/mol. The molecule has 0 bridgehead atoms. The van der Waals surface area contributed by atoms with E-state index in [0.29, 0.717) is 18.9 Å². The number of carbonyl (C=O) groups is 1. The van der Waals surface area contributed by atoms with Crippen molar-refractivity contribution in [2.75, 3.05) is 26.7 Å². The highest BCUT2D eigenvalue weighted by molar-refractivity contribution is 5.91. The normalized spacial score (nSPS) is 18.3. The van der Waals surface area contributed by atoms with Gasteiger partial charge in [0.05, 0.1) is 13.2 Å². The molecular weight excluding hydrogens is 280 g/mol. The van der Waals surface area contributed by atoms with E-state index in [1.54, 1.807) is 24.1 Å². The van der Waals surface area contributed by atoms with E-state index in [9.17, 15) is 4.79 Å². The second-order valence-corrected chi connectivity index (χ2v) is 5.32. The average molecular weight is 300 g/mol. The van der Waals surface area contributed by atoms with E-state index in [4.69, 9.17) is 4.74 Å². The number of rotatable bonds is 3. The van der Waals surface area contributed by atoms with Crippen LogP contribution in [0.2, 0.25) is 0 Å². The largest absolute Gasteiger partial charge is 0.496 e. The van der Waals surface area contributed by atoms with Gasteiger partial charge in [-0.3, -0.25) is 4.79 Å². The molecular formula is C16H20N4O2. The van der Waals surface area contributed by atoms with Crippen LogP contribution in [0.5, 0.6) is 5.75 Å². The number of amides is 1. The SMILES string of the molecule is COc1ccccc1[C@H]1CNCCN1C(=O)c1nccn1C. The molecule has 0 saturated carbocycles. The summed E-state index contributed by atoms with van der Waals surface area (Å²) in [5.41, 5.74) is 1.01. The third-order valence-electron chi connectivity index (χ3n) is 4.01. The van der Waals surface area contributed by atoms with Gasteiger partial charge in [0.2, 0.25) is 0 Å². The van der Waals surface area contributed by atoms with Crippen LogP contribution >= 0.6 is 0 Å². The monoisotopic (exact) mass is 300 g/mol. The molecule has 0 radical (unpaired) electrons. The summed E-state index contributed by atoms with van der Waals surface area (Å²) >= 11 is 0. The summed E-state index contributed by atoms with van der Waals surface area (Å²) in [6.45, 7) is 2.13. The van der Waals surface area contributed by atoms with E-state index >= 15 is 0 Å². The maximum absolute atomic E-state index is 12.8. The zero-order chi connectivity index (χ0) is 15.5. The number of para-hydroxylation sites is 1. The average Bonchev–Trinajstić information content (AvgIpc) is 3.00. The summed E-state index contributed by atoms with van der Waals surface area (Å²) in [5.74, 6) is 1.21. The number of methoxy groups -OCH3 is 1. The Morgan fingerprint density at radius 1 is 1.41 bits per heavy atom. The van der Waals surface area contributed by atoms with Gasteiger partial charge in [0.25, 0.3) is 5.91 Å². The summed E-state index contributed by atoms with van der Waals surface area (Å²) in [6, 6.07) is 7.77. The van der Waals surface area contributed by atoms with Gasteiger partial charge < -0.3 is 19.5 Å². The van der Waals surface area contributed by atoms with Crippen LogP contribution in [0.1, 0.15) is 22.2 Å². The fourth-order valence-corrected chi connectivity index (χ4v) is 2.87. The number of hydrogen-bond acceptors (Lipinski definition) is 4. The second kappa shape index (κ2) is 6.19. The lowest BCUT2D eigenvalue weighted by atomic mass is 10.0. The first-order valence-electron chi connectivity index (χ1n) is 7.34. The Morgan fingerprint density at radius 2 is 2.23 bits per heavy atom. The van der Waals surface area contributed by atoms with Crippen LogP contribution in [0.25, 0.3) is 0 Å². The van der Waals surface area contributed by atoms with Gasteiger partial charge in [0.1, 0.15) is 5.75 Å². The van der Waals surface area contributed by atoms with Crippen molar-refractivity contribution in [3.63, 3.8) is 0 Å². The molecule has 2 aromatic rings. The Balaban J connectivity index is 1.95. The van der Waals surface area contributed by atoms with E-state index in [-0.39, 0.29) is 11.9 Å². The third-order valence-corrected chi connectivity index (χ3v) is 4.01. The van der Waals surface area contributed by atoms with Gasteiger partial charge in [0.15, 0.2) is 5.82 Å². The van der Waals surface area contributed by atoms with Gasteiger partial charge in [-0.2, -0.15) is 0 Å². The molecule has 1 aliphatic rings. The number of benzene rings is 1. The van der Waals surface area contributed by atoms with Crippen LogP contribution in [0, 0.1) is 0 Å². The Kier molecular flexibility index (Phi) is 4.11. The minimum atomic E-state index is -0.0610. The van der Waals surface area contributed by atoms with Crippen molar-refractivity contribution in [3.05, 3.63) is 48.0 Å². The molecule has 1 N–H and O–H groups in total. The molecule has 116 valence electrons. The molecule has 0 aliphatic carbocycles. The van der Waals surface area contributed by atoms with Crippen LogP contribution < -0.4 is 10.1 Å². The molecule has 0 spiro atoms. The number of aryl methyl sites for hydroxylation is 1. The zero-order valence-electron chi connectivity index (χ0n) is 12.8. The highest BCUT2D eigenvalue weighted by Gasteiger charge is 2.31. The Bertz CT molecular complexity index is 668. The fourth-order valence-electron chi connectivity index (χ4n) is 2.87. The summed E-state index contributed by atoms with van der Waals surface area (Å²) in [7, 11) is 3.49. The van der Waals surface area contributed by atoms with Crippen LogP contribution in [0.15, 0.2) is 36.7 Å². The molecule has 1 aliphatic heterocycles. The van der Waals surface area contributed by atoms with Crippen LogP contribution in [0.4, 0.5) is 0 Å². The number of nitrogens with zero attached hydrogens (tertiary/aromatic N) is 3. The quantitative estimate of drug-likeness (QED) is 0.926. The smallest absolute Gasteiger partial charge is 0.290 e. The predicted octanol–water partition coefficient (Wildman–Crippen LogP) is 1.22. The Hall–Kier alpha value is -2.34. The van der Waals surface area contributed by atoms with Crippen LogP contribution in [0.3, 0.4) is 0 Å². The van der Waals surface area contributed by atoms with Crippen molar-refractivity contribution < 1.29 is 9.53 Å². The maximum Gasteiger partial charge on any atom is 0.290 e. The van der Waals surface area contributed by atoms with Crippen molar-refractivity contribution in [2.24, 2.45) is 7.05 Å². The Labute approximate surface area is 129 Å². The van der Waals surface area contributed by atoms with Gasteiger partial charge in [-0.1, -0.05) is 18.2 Å². The van der Waals surface area contributed by atoms with Gasteiger partial charge in [0, 0.05) is 44.6 Å². The summed E-state index contributed by atoms with van der Waals surface area (Å²) < 4.78 is 7.21. The first-order valence-corrected chi connectivity index (χ1v) is 7.34. The van der Waals surface area contributed by atoms with Crippen LogP contribution in [-0.4, -0.2) is 47.1 Å². The molecule has 2 heterocycles. The van der Waals surface area contributed by atoms with E-state index in [2.05, 4.69) is 10.3 Å². The van der Waals surface area contributed by atoms with Crippen molar-refractivity contribution in [3.8, 4) is 5.75 Å². The van der Waals surface area contributed by atoms with Crippen molar-refractivity contribution in [1.82, 2.24) is 19.8 Å². The third kappa shape index (κ3) is 2.57. The van der Waals surface area contributed by atoms with Crippen molar-refractivity contribution in [2.45, 2.75) is 6.04 Å². The lowest BCUT2D eigenvalue weighted by Crippen LogP contribution is -2.49. The first-order chi connectivity index (χ1) is 10.7. The minimum Gasteiger partial charge on any atom is -0.496 e. The number of ether oxygens (including phenoxy) is 1. The van der Waals surface area contributed by atoms with Crippen LogP contribution in [-0.2, 0) is 7.05 Å². The molecule has 1 fully saturated rings. The minimum absolute atomic E-state index is 0.0510. The van der Waals surface area contributed by atoms with Gasteiger partial charge in [-0.15, -0.1) is 0 Å². The molecule has 1 saturated heterocycles. The molecule has 1 aromatic heterocycles. The Morgan fingerprint density at radius 3 is 2.95 bits per heavy atom. The molecule has 3 rings (SSSR count). The number of nitrogens with one attached hydrogen (secondary N) is 1. The number of carbonyl (C=O) groups excluding carboxylic acids is 1. The van der Waals surface area contributed by atoms with E-state index in [1.807, 2.05) is 36.2 Å². The van der Waals surface area contributed by atoms with E-state index < -0.39 is 0 Å². The standard InChI is InChI=1S/C16H20N4O2/c1-19-9-8-18-15(19)16(21)20-10-7-17-11-13(20)12-5-3-4-6-14(12)22-2/h3-6,8-9,13,17H,7,10-11H2,1-2H3/t13-/m1/s1. The first kappa shape index (κ1) is 14.6. The highest BCUT2D eigenvalue weighted by atomic mass is 16.5.